The fourth-order valence-corrected chi connectivity index (χ4v) is 4.24. The summed E-state index contributed by atoms with van der Waals surface area (Å²) in [7, 11) is 0. The maximum Gasteiger partial charge on any atom is 0.115 e. The van der Waals surface area contributed by atoms with Crippen molar-refractivity contribution in [3.63, 3.8) is 0 Å². The third-order valence-corrected chi connectivity index (χ3v) is 5.17. The Balaban J connectivity index is 2.00. The first-order chi connectivity index (χ1) is 9.04. The van der Waals surface area contributed by atoms with Gasteiger partial charge in [-0.3, -0.25) is 0 Å². The summed E-state index contributed by atoms with van der Waals surface area (Å²) in [6.07, 6.45) is 4.82. The van der Waals surface area contributed by atoms with Crippen LogP contribution in [0.3, 0.4) is 0 Å². The summed E-state index contributed by atoms with van der Waals surface area (Å²) >= 11 is 7.87. The van der Waals surface area contributed by atoms with Gasteiger partial charge in [-0.1, -0.05) is 25.4 Å². The Labute approximate surface area is 124 Å². The predicted molar refractivity (Wildman–Crippen MR) is 80.8 cm³/mol. The monoisotopic (exact) mass is 300 g/mol. The van der Waals surface area contributed by atoms with Gasteiger partial charge in [0, 0.05) is 23.0 Å². The van der Waals surface area contributed by atoms with E-state index in [2.05, 4.69) is 24.1 Å². The molecule has 2 atom stereocenters. The summed E-state index contributed by atoms with van der Waals surface area (Å²) in [4.78, 5) is 4.32. The van der Waals surface area contributed by atoms with Crippen molar-refractivity contribution in [2.45, 2.75) is 55.0 Å². The number of rotatable bonds is 5. The summed E-state index contributed by atoms with van der Waals surface area (Å²) in [6, 6.07) is 4.10. The molecule has 2 unspecified atom stereocenters. The van der Waals surface area contributed by atoms with Crippen molar-refractivity contribution in [2.75, 3.05) is 6.61 Å². The van der Waals surface area contributed by atoms with Crippen LogP contribution in [0.2, 0.25) is 5.02 Å². The minimum atomic E-state index is -0.132. The summed E-state index contributed by atoms with van der Waals surface area (Å²) in [5.41, 5.74) is -0.132. The molecule has 0 radical (unpaired) electrons. The van der Waals surface area contributed by atoms with E-state index in [-0.39, 0.29) is 12.1 Å². The van der Waals surface area contributed by atoms with Crippen LogP contribution >= 0.6 is 23.4 Å². The highest BCUT2D eigenvalue weighted by atomic mass is 35.5. The fraction of sp³-hybridized carbons (Fsp3) is 0.643. The first-order valence-corrected chi connectivity index (χ1v) is 7.96. The number of aliphatic hydroxyl groups is 1. The average Bonchev–Trinajstić information content (AvgIpc) is 2.75. The van der Waals surface area contributed by atoms with Crippen molar-refractivity contribution >= 4 is 23.4 Å². The zero-order valence-electron chi connectivity index (χ0n) is 11.4. The van der Waals surface area contributed by atoms with E-state index in [0.717, 1.165) is 24.3 Å². The van der Waals surface area contributed by atoms with Crippen LogP contribution in [-0.2, 0) is 0 Å². The molecular weight excluding hydrogens is 280 g/mol. The molecule has 1 heterocycles. The lowest BCUT2D eigenvalue weighted by atomic mass is 9.98. The average molecular weight is 301 g/mol. The zero-order chi connectivity index (χ0) is 13.9. The van der Waals surface area contributed by atoms with Gasteiger partial charge in [-0.2, -0.15) is 0 Å². The van der Waals surface area contributed by atoms with Crippen molar-refractivity contribution in [3.05, 3.63) is 23.4 Å². The van der Waals surface area contributed by atoms with Crippen LogP contribution in [-0.4, -0.2) is 33.5 Å². The van der Waals surface area contributed by atoms with Crippen molar-refractivity contribution in [3.8, 4) is 0 Å². The standard InChI is InChI=1S/C14H21ClN2OS/c1-10(2)17-14(9-18)6-5-11(8-14)19-13-12(15)4-3-7-16-13/h3-4,7,10-11,17-18H,5-6,8-9H2,1-2H3. The Hall–Kier alpha value is -0.290. The number of halogens is 1. The number of aromatic nitrogens is 1. The highest BCUT2D eigenvalue weighted by Crippen LogP contribution is 2.41. The van der Waals surface area contributed by atoms with Gasteiger partial charge in [0.15, 0.2) is 0 Å². The quantitative estimate of drug-likeness (QED) is 0.877. The van der Waals surface area contributed by atoms with E-state index in [4.69, 9.17) is 11.6 Å². The molecule has 1 saturated carbocycles. The molecule has 0 saturated heterocycles. The van der Waals surface area contributed by atoms with Crippen molar-refractivity contribution in [1.82, 2.24) is 10.3 Å². The Bertz CT molecular complexity index is 430. The molecule has 5 heteroatoms. The normalized spacial score (nSPS) is 27.1. The lowest BCUT2D eigenvalue weighted by Crippen LogP contribution is -2.49. The first kappa shape index (κ1) is 15.1. The molecule has 2 rings (SSSR count). The Kier molecular flexibility index (Phi) is 5.12. The molecule has 0 aromatic carbocycles. The van der Waals surface area contributed by atoms with Crippen molar-refractivity contribution < 1.29 is 5.11 Å². The van der Waals surface area contributed by atoms with Crippen LogP contribution in [0, 0.1) is 0 Å². The SMILES string of the molecule is CC(C)NC1(CO)CCC(Sc2ncccc2Cl)C1. The summed E-state index contributed by atoms with van der Waals surface area (Å²) in [5.74, 6) is 0. The van der Waals surface area contributed by atoms with Gasteiger partial charge in [0.05, 0.1) is 11.6 Å². The number of pyridine rings is 1. The van der Waals surface area contributed by atoms with E-state index in [9.17, 15) is 5.11 Å². The van der Waals surface area contributed by atoms with Gasteiger partial charge in [0.25, 0.3) is 0 Å². The molecule has 19 heavy (non-hydrogen) atoms. The van der Waals surface area contributed by atoms with Crippen LogP contribution in [0.15, 0.2) is 23.4 Å². The maximum absolute atomic E-state index is 9.69. The van der Waals surface area contributed by atoms with Crippen molar-refractivity contribution in [1.29, 1.82) is 0 Å². The zero-order valence-corrected chi connectivity index (χ0v) is 13.0. The summed E-state index contributed by atoms with van der Waals surface area (Å²) < 4.78 is 0. The fourth-order valence-electron chi connectivity index (χ4n) is 2.73. The van der Waals surface area contributed by atoms with Gasteiger partial charge in [-0.15, -0.1) is 11.8 Å². The molecule has 0 spiro atoms. The number of nitrogens with one attached hydrogen (secondary N) is 1. The molecule has 3 nitrogen and oxygen atoms in total. The third kappa shape index (κ3) is 3.85. The van der Waals surface area contributed by atoms with Gasteiger partial charge in [-0.05, 0) is 31.4 Å². The van der Waals surface area contributed by atoms with Gasteiger partial charge in [-0.25, -0.2) is 4.98 Å². The molecule has 1 aliphatic rings. The topological polar surface area (TPSA) is 45.1 Å². The highest BCUT2D eigenvalue weighted by molar-refractivity contribution is 8.00. The lowest BCUT2D eigenvalue weighted by molar-refractivity contribution is 0.156. The molecular formula is C14H21ClN2OS. The van der Waals surface area contributed by atoms with E-state index >= 15 is 0 Å². The van der Waals surface area contributed by atoms with E-state index in [1.54, 1.807) is 18.0 Å². The molecule has 0 amide bonds. The minimum Gasteiger partial charge on any atom is -0.394 e. The van der Waals surface area contributed by atoms with Gasteiger partial charge < -0.3 is 10.4 Å². The van der Waals surface area contributed by atoms with Crippen LogP contribution in [0.1, 0.15) is 33.1 Å². The van der Waals surface area contributed by atoms with Gasteiger partial charge in [0.1, 0.15) is 5.03 Å². The predicted octanol–water partition coefficient (Wildman–Crippen LogP) is 3.11. The number of aliphatic hydroxyl groups excluding tert-OH is 1. The van der Waals surface area contributed by atoms with E-state index in [1.165, 1.54) is 0 Å². The first-order valence-electron chi connectivity index (χ1n) is 6.70. The molecule has 1 aromatic heterocycles. The highest BCUT2D eigenvalue weighted by Gasteiger charge is 2.39. The van der Waals surface area contributed by atoms with E-state index in [1.807, 2.05) is 12.1 Å². The van der Waals surface area contributed by atoms with Crippen LogP contribution < -0.4 is 5.32 Å². The Morgan fingerprint density at radius 3 is 3.05 bits per heavy atom. The van der Waals surface area contributed by atoms with E-state index < -0.39 is 0 Å². The van der Waals surface area contributed by atoms with Gasteiger partial charge >= 0.3 is 0 Å². The minimum absolute atomic E-state index is 0.132. The molecule has 1 aromatic rings. The molecule has 0 bridgehead atoms. The maximum atomic E-state index is 9.69. The van der Waals surface area contributed by atoms with Crippen LogP contribution in [0.25, 0.3) is 0 Å². The van der Waals surface area contributed by atoms with Crippen LogP contribution in [0.5, 0.6) is 0 Å². The molecule has 106 valence electrons. The number of hydrogen-bond donors (Lipinski definition) is 2. The third-order valence-electron chi connectivity index (χ3n) is 3.46. The molecule has 1 fully saturated rings. The lowest BCUT2D eigenvalue weighted by Gasteiger charge is -2.31. The molecule has 2 N–H and O–H groups in total. The molecule has 0 aliphatic heterocycles. The largest absolute Gasteiger partial charge is 0.394 e. The van der Waals surface area contributed by atoms with Crippen LogP contribution in [0.4, 0.5) is 0 Å². The second-order valence-corrected chi connectivity index (χ2v) is 7.21. The second kappa shape index (κ2) is 6.44. The Morgan fingerprint density at radius 1 is 1.63 bits per heavy atom. The number of hydrogen-bond acceptors (Lipinski definition) is 4. The summed E-state index contributed by atoms with van der Waals surface area (Å²) in [5, 5.41) is 15.3. The summed E-state index contributed by atoms with van der Waals surface area (Å²) in [6.45, 7) is 4.43. The van der Waals surface area contributed by atoms with E-state index in [0.29, 0.717) is 16.3 Å². The number of nitrogens with zero attached hydrogens (tertiary/aromatic N) is 1. The van der Waals surface area contributed by atoms with Crippen molar-refractivity contribution in [2.24, 2.45) is 0 Å². The number of thioether (sulfide) groups is 1. The molecule has 1 aliphatic carbocycles. The second-order valence-electron chi connectivity index (χ2n) is 5.51. The van der Waals surface area contributed by atoms with Gasteiger partial charge in [0.2, 0.25) is 0 Å². The smallest absolute Gasteiger partial charge is 0.115 e. The Morgan fingerprint density at radius 2 is 2.42 bits per heavy atom.